The Bertz CT molecular complexity index is 602. The summed E-state index contributed by atoms with van der Waals surface area (Å²) in [5.74, 6) is 0.564. The summed E-state index contributed by atoms with van der Waals surface area (Å²) in [6, 6.07) is 10.4. The summed E-state index contributed by atoms with van der Waals surface area (Å²) in [6.45, 7) is 4.37. The van der Waals surface area contributed by atoms with E-state index in [-0.39, 0.29) is 11.9 Å². The van der Waals surface area contributed by atoms with Gasteiger partial charge in [0, 0.05) is 19.7 Å². The molecule has 1 N–H and O–H groups in total. The summed E-state index contributed by atoms with van der Waals surface area (Å²) in [5.41, 5.74) is 2.29. The third-order valence-electron chi connectivity index (χ3n) is 4.39. The predicted octanol–water partition coefficient (Wildman–Crippen LogP) is 3.65. The molecule has 0 radical (unpaired) electrons. The van der Waals surface area contributed by atoms with Gasteiger partial charge in [-0.2, -0.15) is 5.10 Å². The molecule has 0 bridgehead atoms. The number of aromatic nitrogens is 2. The quantitative estimate of drug-likeness (QED) is 0.808. The maximum Gasteiger partial charge on any atom is 0.220 e. The molecule has 2 rings (SSSR count). The molecule has 1 heterocycles. The van der Waals surface area contributed by atoms with Crippen LogP contribution in [0.15, 0.2) is 42.7 Å². The molecule has 0 aliphatic carbocycles. The maximum atomic E-state index is 12.4. The van der Waals surface area contributed by atoms with Crippen molar-refractivity contribution in [2.75, 3.05) is 0 Å². The molecule has 124 valence electrons. The lowest BCUT2D eigenvalue weighted by molar-refractivity contribution is -0.122. The summed E-state index contributed by atoms with van der Waals surface area (Å²) in [4.78, 5) is 12.4. The van der Waals surface area contributed by atoms with Crippen LogP contribution < -0.4 is 5.32 Å². The first kappa shape index (κ1) is 17.3. The molecule has 4 heteroatoms. The van der Waals surface area contributed by atoms with E-state index in [9.17, 15) is 4.79 Å². The lowest BCUT2D eigenvalue weighted by atomic mass is 9.88. The second-order valence-corrected chi connectivity index (χ2v) is 6.05. The molecule has 0 fully saturated rings. The molecule has 1 atom stereocenters. The van der Waals surface area contributed by atoms with Gasteiger partial charge in [-0.1, -0.05) is 57.0 Å². The Morgan fingerprint density at radius 1 is 1.22 bits per heavy atom. The first-order chi connectivity index (χ1) is 11.1. The highest BCUT2D eigenvalue weighted by atomic mass is 16.1. The van der Waals surface area contributed by atoms with Gasteiger partial charge >= 0.3 is 0 Å². The molecule has 1 aromatic heterocycles. The average Bonchev–Trinajstić information content (AvgIpc) is 2.99. The fourth-order valence-corrected chi connectivity index (χ4v) is 3.00. The Labute approximate surface area is 138 Å². The summed E-state index contributed by atoms with van der Waals surface area (Å²) < 4.78 is 1.77. The molecule has 0 aliphatic rings. The highest BCUT2D eigenvalue weighted by Crippen LogP contribution is 2.27. The van der Waals surface area contributed by atoms with Crippen molar-refractivity contribution in [3.63, 3.8) is 0 Å². The van der Waals surface area contributed by atoms with Crippen molar-refractivity contribution in [2.24, 2.45) is 13.0 Å². The van der Waals surface area contributed by atoms with Crippen LogP contribution >= 0.6 is 0 Å². The van der Waals surface area contributed by atoms with E-state index in [1.807, 2.05) is 37.6 Å². The third kappa shape index (κ3) is 4.95. The Kier molecular flexibility index (Phi) is 6.39. The van der Waals surface area contributed by atoms with Crippen LogP contribution in [0.25, 0.3) is 0 Å². The van der Waals surface area contributed by atoms with Gasteiger partial charge in [-0.05, 0) is 23.5 Å². The average molecular weight is 313 g/mol. The van der Waals surface area contributed by atoms with Gasteiger partial charge in [0.25, 0.3) is 0 Å². The van der Waals surface area contributed by atoms with Crippen LogP contribution in [0.1, 0.15) is 50.3 Å². The van der Waals surface area contributed by atoms with Crippen LogP contribution in [-0.2, 0) is 18.3 Å². The van der Waals surface area contributed by atoms with Crippen molar-refractivity contribution >= 4 is 5.91 Å². The van der Waals surface area contributed by atoms with Gasteiger partial charge < -0.3 is 5.32 Å². The smallest absolute Gasteiger partial charge is 0.220 e. The second-order valence-electron chi connectivity index (χ2n) is 6.05. The Balaban J connectivity index is 2.00. The van der Waals surface area contributed by atoms with Gasteiger partial charge in [0.1, 0.15) is 0 Å². The third-order valence-corrected chi connectivity index (χ3v) is 4.39. The first-order valence-corrected chi connectivity index (χ1v) is 8.45. The molecule has 2 aromatic rings. The number of carbonyl (C=O) groups is 1. The number of hydrogen-bond acceptors (Lipinski definition) is 2. The molecule has 23 heavy (non-hydrogen) atoms. The minimum atomic E-state index is 0.0904. The molecule has 1 unspecified atom stereocenters. The van der Waals surface area contributed by atoms with Gasteiger partial charge in [0.2, 0.25) is 5.91 Å². The number of hydrogen-bond donors (Lipinski definition) is 1. The van der Waals surface area contributed by atoms with E-state index in [1.165, 1.54) is 5.56 Å². The minimum absolute atomic E-state index is 0.0904. The fraction of sp³-hybridized carbons (Fsp3) is 0.474. The van der Waals surface area contributed by atoms with E-state index in [1.54, 1.807) is 4.68 Å². The van der Waals surface area contributed by atoms with Crippen molar-refractivity contribution in [1.29, 1.82) is 0 Å². The van der Waals surface area contributed by atoms with E-state index < -0.39 is 0 Å². The second kappa shape index (κ2) is 8.51. The zero-order chi connectivity index (χ0) is 16.7. The zero-order valence-electron chi connectivity index (χ0n) is 14.3. The number of carbonyl (C=O) groups excluding carboxylic acids is 1. The Morgan fingerprint density at radius 2 is 1.91 bits per heavy atom. The van der Waals surface area contributed by atoms with Crippen LogP contribution in [0, 0.1) is 5.92 Å². The highest BCUT2D eigenvalue weighted by molar-refractivity contribution is 5.76. The summed E-state index contributed by atoms with van der Waals surface area (Å²) in [7, 11) is 1.89. The topological polar surface area (TPSA) is 46.9 Å². The first-order valence-electron chi connectivity index (χ1n) is 8.45. The van der Waals surface area contributed by atoms with E-state index in [0.29, 0.717) is 12.3 Å². The number of nitrogens with zero attached hydrogens (tertiary/aromatic N) is 2. The number of rotatable bonds is 8. The Hall–Kier alpha value is -2.10. The van der Waals surface area contributed by atoms with Crippen LogP contribution in [0.3, 0.4) is 0 Å². The SMILES string of the molecule is CCC(CC)C(NC(=O)CCc1cnn(C)c1)c1ccccc1. The van der Waals surface area contributed by atoms with Crippen molar-refractivity contribution in [2.45, 2.75) is 45.6 Å². The maximum absolute atomic E-state index is 12.4. The van der Waals surface area contributed by atoms with Crippen LogP contribution in [0.2, 0.25) is 0 Å². The largest absolute Gasteiger partial charge is 0.349 e. The molecule has 0 spiro atoms. The lowest BCUT2D eigenvalue weighted by Crippen LogP contribution is -2.33. The van der Waals surface area contributed by atoms with E-state index in [4.69, 9.17) is 0 Å². The summed E-state index contributed by atoms with van der Waals surface area (Å²) >= 11 is 0. The van der Waals surface area contributed by atoms with E-state index >= 15 is 0 Å². The summed E-state index contributed by atoms with van der Waals surface area (Å²) in [6.07, 6.45) is 7.11. The number of benzene rings is 1. The van der Waals surface area contributed by atoms with Gasteiger partial charge in [0.15, 0.2) is 0 Å². The van der Waals surface area contributed by atoms with Gasteiger partial charge in [-0.3, -0.25) is 9.48 Å². The van der Waals surface area contributed by atoms with Crippen LogP contribution in [0.4, 0.5) is 0 Å². The van der Waals surface area contributed by atoms with Gasteiger partial charge in [-0.25, -0.2) is 0 Å². The zero-order valence-corrected chi connectivity index (χ0v) is 14.3. The fourth-order valence-electron chi connectivity index (χ4n) is 3.00. The van der Waals surface area contributed by atoms with Gasteiger partial charge in [0.05, 0.1) is 12.2 Å². The minimum Gasteiger partial charge on any atom is -0.349 e. The van der Waals surface area contributed by atoms with E-state index in [2.05, 4.69) is 36.4 Å². The molecule has 0 saturated carbocycles. The lowest BCUT2D eigenvalue weighted by Gasteiger charge is -2.27. The monoisotopic (exact) mass is 313 g/mol. The molecular weight excluding hydrogens is 286 g/mol. The van der Waals surface area contributed by atoms with Crippen LogP contribution in [-0.4, -0.2) is 15.7 Å². The van der Waals surface area contributed by atoms with Gasteiger partial charge in [-0.15, -0.1) is 0 Å². The predicted molar refractivity (Wildman–Crippen MR) is 92.9 cm³/mol. The highest BCUT2D eigenvalue weighted by Gasteiger charge is 2.22. The number of amides is 1. The normalized spacial score (nSPS) is 12.3. The summed E-state index contributed by atoms with van der Waals surface area (Å²) in [5, 5.41) is 7.39. The van der Waals surface area contributed by atoms with Crippen molar-refractivity contribution in [3.8, 4) is 0 Å². The Morgan fingerprint density at radius 3 is 2.48 bits per heavy atom. The number of nitrogens with one attached hydrogen (secondary N) is 1. The molecule has 1 amide bonds. The molecule has 0 saturated heterocycles. The molecule has 4 nitrogen and oxygen atoms in total. The van der Waals surface area contributed by atoms with Crippen molar-refractivity contribution in [1.82, 2.24) is 15.1 Å². The van der Waals surface area contributed by atoms with E-state index in [0.717, 1.165) is 24.8 Å². The molecular formula is C19H27N3O. The van der Waals surface area contributed by atoms with Crippen molar-refractivity contribution < 1.29 is 4.79 Å². The van der Waals surface area contributed by atoms with Crippen LogP contribution in [0.5, 0.6) is 0 Å². The standard InChI is InChI=1S/C19H27N3O/c1-4-16(5-2)19(17-9-7-6-8-10-17)21-18(23)12-11-15-13-20-22(3)14-15/h6-10,13-14,16,19H,4-5,11-12H2,1-3H3,(H,21,23). The number of aryl methyl sites for hydroxylation is 2. The van der Waals surface area contributed by atoms with Crippen molar-refractivity contribution in [3.05, 3.63) is 53.9 Å². The molecule has 0 aliphatic heterocycles. The molecule has 1 aromatic carbocycles.